The molecule has 0 saturated carbocycles. The smallest absolute Gasteiger partial charge is 0.333 e. The van der Waals surface area contributed by atoms with E-state index in [0.717, 1.165) is 34.1 Å². The molecule has 0 N–H and O–H groups in total. The molecule has 2 heterocycles. The molecule has 75 heavy (non-hydrogen) atoms. The summed E-state index contributed by atoms with van der Waals surface area (Å²) in [6, 6.07) is 82.6. The van der Waals surface area contributed by atoms with Crippen molar-refractivity contribution in [2.45, 2.75) is 85.5 Å². The number of nitrogens with zero attached hydrogens (tertiary/aromatic N) is 3. The highest BCUT2D eigenvalue weighted by molar-refractivity contribution is 6.93. The Kier molecular flexibility index (Phi) is 11.6. The number of benzene rings is 10. The molecule has 0 unspecified atom stereocenters. The van der Waals surface area contributed by atoms with Crippen molar-refractivity contribution in [2.75, 3.05) is 14.6 Å². The van der Waals surface area contributed by atoms with E-state index < -0.39 is 0 Å². The summed E-state index contributed by atoms with van der Waals surface area (Å²) in [5.74, 6) is 0. The van der Waals surface area contributed by atoms with E-state index >= 15 is 0 Å². The molecule has 10 aromatic carbocycles. The predicted octanol–water partition coefficient (Wildman–Crippen LogP) is 18.6. The van der Waals surface area contributed by atoms with Gasteiger partial charge in [-0.1, -0.05) is 190 Å². The standard InChI is InChI=1S/C71H66BN3/c1-47-41-52(48-19-13-11-14-20-48)25-39-64(47)74-65-40-38-60(73(57-32-26-54(27-33-57)69(2,3)4)58-34-28-55(29-35-58)70(5,6)7)46-63(65)72-68-62(43-53(45-67(68)74)49-21-15-12-16-22-49)61-42-50-23-17-18-24-51(50)44-66(61)75(72)59-36-30-56(31-37-59)71(8,9)10/h11-46H,1-10H3. The van der Waals surface area contributed by atoms with Crippen molar-refractivity contribution >= 4 is 74.0 Å². The number of aryl methyl sites for hydroxylation is 1. The van der Waals surface area contributed by atoms with Crippen LogP contribution in [0.4, 0.5) is 45.5 Å². The molecule has 0 spiro atoms. The molecule has 0 aromatic heterocycles. The number of fused-ring (bicyclic) bond motifs is 5. The Hall–Kier alpha value is -8.08. The fourth-order valence-electron chi connectivity index (χ4n) is 11.6. The van der Waals surface area contributed by atoms with E-state index in [-0.39, 0.29) is 23.1 Å². The van der Waals surface area contributed by atoms with Crippen LogP contribution in [0, 0.1) is 6.92 Å². The fourth-order valence-corrected chi connectivity index (χ4v) is 11.6. The second-order valence-corrected chi connectivity index (χ2v) is 24.0. The third-order valence-electron chi connectivity index (χ3n) is 15.8. The molecule has 0 bridgehead atoms. The van der Waals surface area contributed by atoms with Crippen LogP contribution in [0.2, 0.25) is 0 Å². The monoisotopic (exact) mass is 972 g/mol. The molecular formula is C71H66BN3. The van der Waals surface area contributed by atoms with Gasteiger partial charge in [-0.2, -0.15) is 0 Å². The van der Waals surface area contributed by atoms with Crippen LogP contribution >= 0.6 is 0 Å². The zero-order valence-electron chi connectivity index (χ0n) is 45.2. The molecule has 0 aliphatic carbocycles. The van der Waals surface area contributed by atoms with Crippen LogP contribution in [0.5, 0.6) is 0 Å². The first-order valence-corrected chi connectivity index (χ1v) is 26.8. The van der Waals surface area contributed by atoms with E-state index in [0.29, 0.717) is 0 Å². The zero-order chi connectivity index (χ0) is 52.0. The van der Waals surface area contributed by atoms with Crippen molar-refractivity contribution in [3.8, 4) is 33.4 Å². The molecule has 10 aromatic rings. The van der Waals surface area contributed by atoms with E-state index in [1.165, 1.54) is 88.7 Å². The third kappa shape index (κ3) is 8.61. The van der Waals surface area contributed by atoms with E-state index in [1.807, 2.05) is 0 Å². The number of hydrogen-bond donors (Lipinski definition) is 0. The van der Waals surface area contributed by atoms with Crippen molar-refractivity contribution in [1.82, 2.24) is 0 Å². The lowest BCUT2D eigenvalue weighted by atomic mass is 9.43. The summed E-state index contributed by atoms with van der Waals surface area (Å²) in [6.45, 7) is 22.7. The minimum atomic E-state index is -0.197. The van der Waals surface area contributed by atoms with Crippen LogP contribution in [-0.4, -0.2) is 6.85 Å². The van der Waals surface area contributed by atoms with Gasteiger partial charge in [0, 0.05) is 51.1 Å². The quantitative estimate of drug-likeness (QED) is 0.147. The second kappa shape index (κ2) is 18.1. The molecule has 0 fully saturated rings. The Labute approximate surface area is 445 Å². The summed E-state index contributed by atoms with van der Waals surface area (Å²) in [6.07, 6.45) is 0. The van der Waals surface area contributed by atoms with E-state index in [9.17, 15) is 0 Å². The molecule has 0 radical (unpaired) electrons. The normalized spacial score (nSPS) is 13.1. The van der Waals surface area contributed by atoms with Gasteiger partial charge in [0.15, 0.2) is 0 Å². The van der Waals surface area contributed by atoms with E-state index in [4.69, 9.17) is 0 Å². The molecule has 2 aliphatic rings. The molecule has 0 atom stereocenters. The topological polar surface area (TPSA) is 9.72 Å². The van der Waals surface area contributed by atoms with Crippen LogP contribution in [0.3, 0.4) is 0 Å². The number of rotatable bonds is 7. The predicted molar refractivity (Wildman–Crippen MR) is 324 cm³/mol. The maximum absolute atomic E-state index is 2.66. The van der Waals surface area contributed by atoms with Gasteiger partial charge >= 0.3 is 6.85 Å². The van der Waals surface area contributed by atoms with Gasteiger partial charge in [0.05, 0.1) is 0 Å². The van der Waals surface area contributed by atoms with Crippen molar-refractivity contribution in [1.29, 1.82) is 0 Å². The van der Waals surface area contributed by atoms with Crippen LogP contribution in [0.25, 0.3) is 44.2 Å². The second-order valence-electron chi connectivity index (χ2n) is 24.0. The first-order chi connectivity index (χ1) is 36.0. The average Bonchev–Trinajstić information content (AvgIpc) is 3.43. The molecule has 0 amide bonds. The van der Waals surface area contributed by atoms with E-state index in [2.05, 4.69) is 302 Å². The molecule has 2 aliphatic heterocycles. The first-order valence-electron chi connectivity index (χ1n) is 26.8. The highest BCUT2D eigenvalue weighted by Gasteiger charge is 2.46. The van der Waals surface area contributed by atoms with Gasteiger partial charge in [0.1, 0.15) is 0 Å². The average molecular weight is 972 g/mol. The van der Waals surface area contributed by atoms with Crippen LogP contribution in [-0.2, 0) is 16.2 Å². The van der Waals surface area contributed by atoms with Gasteiger partial charge in [-0.15, -0.1) is 0 Å². The van der Waals surface area contributed by atoms with Crippen LogP contribution in [0.15, 0.2) is 218 Å². The summed E-state index contributed by atoms with van der Waals surface area (Å²) in [7, 11) is 0. The molecule has 12 rings (SSSR count). The fraction of sp³-hybridized carbons (Fsp3) is 0.183. The largest absolute Gasteiger partial charge is 0.376 e. The van der Waals surface area contributed by atoms with Gasteiger partial charge in [-0.05, 0) is 186 Å². The summed E-state index contributed by atoms with van der Waals surface area (Å²) < 4.78 is 0. The molecule has 368 valence electrons. The Bertz CT molecular complexity index is 3710. The van der Waals surface area contributed by atoms with Gasteiger partial charge < -0.3 is 14.6 Å². The zero-order valence-corrected chi connectivity index (χ0v) is 45.2. The Morgan fingerprint density at radius 1 is 0.360 bits per heavy atom. The highest BCUT2D eigenvalue weighted by Crippen LogP contribution is 2.51. The maximum atomic E-state index is 2.66. The summed E-state index contributed by atoms with van der Waals surface area (Å²) in [4.78, 5) is 7.71. The summed E-state index contributed by atoms with van der Waals surface area (Å²) >= 11 is 0. The Morgan fingerprint density at radius 2 is 0.853 bits per heavy atom. The van der Waals surface area contributed by atoms with Crippen molar-refractivity contribution in [3.05, 3.63) is 241 Å². The molecular weight excluding hydrogens is 906 g/mol. The minimum Gasteiger partial charge on any atom is -0.376 e. The highest BCUT2D eigenvalue weighted by atomic mass is 15.2. The third-order valence-corrected chi connectivity index (χ3v) is 15.8. The minimum absolute atomic E-state index is 0.00251. The Balaban J connectivity index is 1.17. The maximum Gasteiger partial charge on any atom is 0.333 e. The van der Waals surface area contributed by atoms with Gasteiger partial charge in [0.25, 0.3) is 0 Å². The van der Waals surface area contributed by atoms with Crippen molar-refractivity contribution in [2.24, 2.45) is 0 Å². The van der Waals surface area contributed by atoms with Gasteiger partial charge in [-0.25, -0.2) is 0 Å². The van der Waals surface area contributed by atoms with Crippen molar-refractivity contribution in [3.63, 3.8) is 0 Å². The van der Waals surface area contributed by atoms with Gasteiger partial charge in [-0.3, -0.25) is 0 Å². The lowest BCUT2D eigenvalue weighted by Crippen LogP contribution is -2.61. The molecule has 3 nitrogen and oxygen atoms in total. The number of anilines is 8. The van der Waals surface area contributed by atoms with Crippen molar-refractivity contribution < 1.29 is 0 Å². The van der Waals surface area contributed by atoms with Crippen LogP contribution < -0.4 is 25.5 Å². The van der Waals surface area contributed by atoms with E-state index in [1.54, 1.807) is 0 Å². The van der Waals surface area contributed by atoms with Crippen LogP contribution in [0.1, 0.15) is 84.6 Å². The number of hydrogen-bond acceptors (Lipinski definition) is 3. The first kappa shape index (κ1) is 47.9. The lowest BCUT2D eigenvalue weighted by Gasteiger charge is -2.46. The summed E-state index contributed by atoms with van der Waals surface area (Å²) in [5.41, 5.74) is 24.2. The molecule has 0 saturated heterocycles. The lowest BCUT2D eigenvalue weighted by molar-refractivity contribution is 0.590. The van der Waals surface area contributed by atoms with Gasteiger partial charge in [0.2, 0.25) is 0 Å². The SMILES string of the molecule is Cc1cc(-c2ccccc2)ccc1N1c2ccc(N(c3ccc(C(C)(C)C)cc3)c3ccc(C(C)(C)C)cc3)cc2B2c3c(cc(-c4ccccc4)cc31)-c1cc3ccccc3cc1N2c1ccc(C(C)(C)C)cc1. The molecule has 4 heteroatoms. The summed E-state index contributed by atoms with van der Waals surface area (Å²) in [5, 5.41) is 2.45. The Morgan fingerprint density at radius 3 is 1.40 bits per heavy atom.